The number of benzene rings is 1. The van der Waals surface area contributed by atoms with Crippen molar-refractivity contribution in [2.24, 2.45) is 0 Å². The third kappa shape index (κ3) is 2.98. The zero-order valence-electron chi connectivity index (χ0n) is 10.4. The van der Waals surface area contributed by atoms with Crippen LogP contribution in [0.1, 0.15) is 5.56 Å². The van der Waals surface area contributed by atoms with Gasteiger partial charge in [-0.25, -0.2) is 9.97 Å². The number of hydrogen-bond donors (Lipinski definition) is 1. The maximum atomic E-state index is 4.27. The molecule has 18 heavy (non-hydrogen) atoms. The normalized spacial score (nSPS) is 10.2. The van der Waals surface area contributed by atoms with Gasteiger partial charge >= 0.3 is 0 Å². The molecule has 94 valence electrons. The van der Waals surface area contributed by atoms with E-state index in [0.717, 1.165) is 22.7 Å². The summed E-state index contributed by atoms with van der Waals surface area (Å²) >= 11 is 3.55. The molecule has 0 saturated heterocycles. The number of anilines is 2. The molecule has 0 saturated carbocycles. The first kappa shape index (κ1) is 12.8. The summed E-state index contributed by atoms with van der Waals surface area (Å²) in [5, 5.41) is 3.01. The maximum absolute atomic E-state index is 4.27. The van der Waals surface area contributed by atoms with Gasteiger partial charge in [0.1, 0.15) is 18.0 Å². The molecule has 0 atom stereocenters. The number of hydrogen-bond acceptors (Lipinski definition) is 4. The standard InChI is InChI=1S/C13H15BrN4/c1-15-12-7-13(17-9-16-12)18(2)8-10-5-3-4-6-11(10)14/h3-7,9H,8H2,1-2H3,(H,15,16,17). The zero-order chi connectivity index (χ0) is 13.0. The van der Waals surface area contributed by atoms with E-state index in [9.17, 15) is 0 Å². The van der Waals surface area contributed by atoms with E-state index in [1.54, 1.807) is 6.33 Å². The molecule has 0 fully saturated rings. The Bertz CT molecular complexity index is 530. The molecule has 1 heterocycles. The molecule has 0 spiro atoms. The molecule has 1 aromatic carbocycles. The van der Waals surface area contributed by atoms with Crippen LogP contribution in [0.15, 0.2) is 41.1 Å². The van der Waals surface area contributed by atoms with Crippen LogP contribution < -0.4 is 10.2 Å². The van der Waals surface area contributed by atoms with Crippen LogP contribution in [0.3, 0.4) is 0 Å². The first-order valence-electron chi connectivity index (χ1n) is 5.65. The lowest BCUT2D eigenvalue weighted by Gasteiger charge is -2.19. The van der Waals surface area contributed by atoms with E-state index in [1.807, 2.05) is 38.4 Å². The van der Waals surface area contributed by atoms with Crippen LogP contribution in [0, 0.1) is 0 Å². The van der Waals surface area contributed by atoms with Crippen LogP contribution in [0.2, 0.25) is 0 Å². The Labute approximate surface area is 115 Å². The molecule has 5 heteroatoms. The second-order valence-electron chi connectivity index (χ2n) is 3.96. The van der Waals surface area contributed by atoms with Crippen LogP contribution >= 0.6 is 15.9 Å². The molecule has 1 N–H and O–H groups in total. The summed E-state index contributed by atoms with van der Waals surface area (Å²) in [4.78, 5) is 10.5. The summed E-state index contributed by atoms with van der Waals surface area (Å²) in [6.07, 6.45) is 1.57. The average molecular weight is 307 g/mol. The van der Waals surface area contributed by atoms with Crippen molar-refractivity contribution in [1.82, 2.24) is 9.97 Å². The summed E-state index contributed by atoms with van der Waals surface area (Å²) in [7, 11) is 3.86. The van der Waals surface area contributed by atoms with Crippen LogP contribution in [0.5, 0.6) is 0 Å². The Hall–Kier alpha value is -1.62. The van der Waals surface area contributed by atoms with E-state index < -0.39 is 0 Å². The number of aromatic nitrogens is 2. The maximum Gasteiger partial charge on any atom is 0.134 e. The summed E-state index contributed by atoms with van der Waals surface area (Å²) in [5.41, 5.74) is 1.23. The fourth-order valence-electron chi connectivity index (χ4n) is 1.66. The lowest BCUT2D eigenvalue weighted by Crippen LogP contribution is -2.18. The molecule has 2 aromatic rings. The highest BCUT2D eigenvalue weighted by Crippen LogP contribution is 2.20. The highest BCUT2D eigenvalue weighted by Gasteiger charge is 2.06. The molecule has 0 amide bonds. The second-order valence-corrected chi connectivity index (χ2v) is 4.81. The van der Waals surface area contributed by atoms with Crippen molar-refractivity contribution in [1.29, 1.82) is 0 Å². The lowest BCUT2D eigenvalue weighted by atomic mass is 10.2. The molecule has 0 radical (unpaired) electrons. The highest BCUT2D eigenvalue weighted by molar-refractivity contribution is 9.10. The smallest absolute Gasteiger partial charge is 0.134 e. The van der Waals surface area contributed by atoms with E-state index in [1.165, 1.54) is 5.56 Å². The number of rotatable bonds is 4. The fourth-order valence-corrected chi connectivity index (χ4v) is 2.07. The summed E-state index contributed by atoms with van der Waals surface area (Å²) in [6.45, 7) is 0.793. The van der Waals surface area contributed by atoms with E-state index >= 15 is 0 Å². The van der Waals surface area contributed by atoms with Gasteiger partial charge in [-0.05, 0) is 11.6 Å². The molecule has 4 nitrogen and oxygen atoms in total. The van der Waals surface area contributed by atoms with Crippen molar-refractivity contribution in [3.8, 4) is 0 Å². The Balaban J connectivity index is 2.16. The monoisotopic (exact) mass is 306 g/mol. The van der Waals surface area contributed by atoms with Crippen molar-refractivity contribution in [2.45, 2.75) is 6.54 Å². The van der Waals surface area contributed by atoms with Crippen molar-refractivity contribution in [2.75, 3.05) is 24.3 Å². The van der Waals surface area contributed by atoms with Crippen LogP contribution in [0.25, 0.3) is 0 Å². The topological polar surface area (TPSA) is 41.0 Å². The van der Waals surface area contributed by atoms with Gasteiger partial charge in [-0.1, -0.05) is 34.1 Å². The number of nitrogens with zero attached hydrogens (tertiary/aromatic N) is 3. The Morgan fingerprint density at radius 1 is 1.28 bits per heavy atom. The summed E-state index contributed by atoms with van der Waals surface area (Å²) in [5.74, 6) is 1.71. The van der Waals surface area contributed by atoms with E-state index in [2.05, 4.69) is 42.2 Å². The molecule has 0 bridgehead atoms. The molecule has 0 aliphatic heterocycles. The Morgan fingerprint density at radius 3 is 2.78 bits per heavy atom. The second kappa shape index (κ2) is 5.82. The third-order valence-electron chi connectivity index (χ3n) is 2.67. The molecule has 2 rings (SSSR count). The van der Waals surface area contributed by atoms with Gasteiger partial charge in [-0.15, -0.1) is 0 Å². The van der Waals surface area contributed by atoms with Gasteiger partial charge in [0.2, 0.25) is 0 Å². The Morgan fingerprint density at radius 2 is 2.06 bits per heavy atom. The van der Waals surface area contributed by atoms with Gasteiger partial charge in [0.25, 0.3) is 0 Å². The number of nitrogens with one attached hydrogen (secondary N) is 1. The quantitative estimate of drug-likeness (QED) is 0.943. The average Bonchev–Trinajstić information content (AvgIpc) is 2.41. The number of halogens is 1. The summed E-state index contributed by atoms with van der Waals surface area (Å²) in [6, 6.07) is 10.1. The van der Waals surface area contributed by atoms with Gasteiger partial charge in [-0.2, -0.15) is 0 Å². The molecule has 1 aromatic heterocycles. The third-order valence-corrected chi connectivity index (χ3v) is 3.44. The van der Waals surface area contributed by atoms with Gasteiger partial charge in [0, 0.05) is 31.2 Å². The molecular weight excluding hydrogens is 292 g/mol. The first-order valence-corrected chi connectivity index (χ1v) is 6.44. The molecule has 0 unspecified atom stereocenters. The van der Waals surface area contributed by atoms with Crippen molar-refractivity contribution in [3.63, 3.8) is 0 Å². The predicted octanol–water partition coefficient (Wildman–Crippen LogP) is 2.92. The minimum atomic E-state index is 0.793. The van der Waals surface area contributed by atoms with Crippen molar-refractivity contribution < 1.29 is 0 Å². The van der Waals surface area contributed by atoms with E-state index in [0.29, 0.717) is 0 Å². The van der Waals surface area contributed by atoms with E-state index in [-0.39, 0.29) is 0 Å². The van der Waals surface area contributed by atoms with Crippen LogP contribution in [-0.2, 0) is 6.54 Å². The van der Waals surface area contributed by atoms with Crippen molar-refractivity contribution in [3.05, 3.63) is 46.7 Å². The van der Waals surface area contributed by atoms with Crippen LogP contribution in [0.4, 0.5) is 11.6 Å². The highest BCUT2D eigenvalue weighted by atomic mass is 79.9. The van der Waals surface area contributed by atoms with E-state index in [4.69, 9.17) is 0 Å². The molecule has 0 aliphatic carbocycles. The van der Waals surface area contributed by atoms with Crippen molar-refractivity contribution >= 4 is 27.6 Å². The zero-order valence-corrected chi connectivity index (χ0v) is 12.0. The molecular formula is C13H15BrN4. The minimum absolute atomic E-state index is 0.793. The van der Waals surface area contributed by atoms with Gasteiger partial charge in [0.15, 0.2) is 0 Å². The van der Waals surface area contributed by atoms with Gasteiger partial charge < -0.3 is 10.2 Å². The predicted molar refractivity (Wildman–Crippen MR) is 77.8 cm³/mol. The largest absolute Gasteiger partial charge is 0.373 e. The summed E-state index contributed by atoms with van der Waals surface area (Å²) < 4.78 is 1.11. The fraction of sp³-hybridized carbons (Fsp3) is 0.231. The Kier molecular flexibility index (Phi) is 4.15. The SMILES string of the molecule is CNc1cc(N(C)Cc2ccccc2Br)ncn1. The first-order chi connectivity index (χ1) is 8.70. The van der Waals surface area contributed by atoms with Gasteiger partial charge in [-0.3, -0.25) is 0 Å². The molecule has 0 aliphatic rings. The van der Waals surface area contributed by atoms with Crippen LogP contribution in [-0.4, -0.2) is 24.1 Å². The minimum Gasteiger partial charge on any atom is -0.373 e. The lowest BCUT2D eigenvalue weighted by molar-refractivity contribution is 0.888. The van der Waals surface area contributed by atoms with Gasteiger partial charge in [0.05, 0.1) is 0 Å².